The highest BCUT2D eigenvalue weighted by Gasteiger charge is 2.17. The number of benzene rings is 1. The van der Waals surface area contributed by atoms with E-state index in [2.05, 4.69) is 21.2 Å². The average Bonchev–Trinajstić information content (AvgIpc) is 1.95. The first-order valence-electron chi connectivity index (χ1n) is 4.04. The average molecular weight is 262 g/mol. The zero-order valence-corrected chi connectivity index (χ0v) is 9.29. The largest absolute Gasteiger partial charge is 0.381 e. The predicted octanol–water partition coefficient (Wildman–Crippen LogP) is 3.12. The summed E-state index contributed by atoms with van der Waals surface area (Å²) in [5.74, 6) is 2.03. The Morgan fingerprint density at radius 1 is 1.38 bits per heavy atom. The second-order valence-electron chi connectivity index (χ2n) is 3.04. The molecule has 1 nitrogen and oxygen atoms in total. The maximum Gasteiger partial charge on any atom is 0.126 e. The van der Waals surface area contributed by atoms with Gasteiger partial charge in [-0.25, -0.2) is 4.39 Å². The minimum Gasteiger partial charge on any atom is -0.381 e. The third-order valence-electron chi connectivity index (χ3n) is 1.87. The number of thioether (sulfide) groups is 1. The van der Waals surface area contributed by atoms with Crippen molar-refractivity contribution in [2.24, 2.45) is 0 Å². The van der Waals surface area contributed by atoms with E-state index in [4.69, 9.17) is 0 Å². The van der Waals surface area contributed by atoms with Gasteiger partial charge < -0.3 is 5.32 Å². The molecule has 0 amide bonds. The van der Waals surface area contributed by atoms with Crippen LogP contribution in [0.1, 0.15) is 0 Å². The van der Waals surface area contributed by atoms with Crippen LogP contribution in [-0.4, -0.2) is 17.5 Å². The van der Waals surface area contributed by atoms with Gasteiger partial charge in [-0.15, -0.1) is 0 Å². The maximum absolute atomic E-state index is 12.9. The lowest BCUT2D eigenvalue weighted by atomic mass is 10.2. The number of halogens is 2. The molecule has 0 saturated carbocycles. The lowest BCUT2D eigenvalue weighted by molar-refractivity contribution is 0.627. The van der Waals surface area contributed by atoms with Crippen molar-refractivity contribution >= 4 is 33.4 Å². The van der Waals surface area contributed by atoms with E-state index in [1.807, 2.05) is 17.8 Å². The summed E-state index contributed by atoms with van der Waals surface area (Å²) in [6.45, 7) is 0. The van der Waals surface area contributed by atoms with E-state index in [0.717, 1.165) is 21.7 Å². The van der Waals surface area contributed by atoms with Crippen LogP contribution in [0.4, 0.5) is 10.1 Å². The molecule has 1 saturated heterocycles. The molecule has 1 aromatic carbocycles. The lowest BCUT2D eigenvalue weighted by Crippen LogP contribution is -2.33. The van der Waals surface area contributed by atoms with Crippen LogP contribution >= 0.6 is 27.7 Å². The third kappa shape index (κ3) is 2.38. The van der Waals surface area contributed by atoms with Gasteiger partial charge in [0.1, 0.15) is 5.82 Å². The lowest BCUT2D eigenvalue weighted by Gasteiger charge is -2.27. The predicted molar refractivity (Wildman–Crippen MR) is 58.8 cm³/mol. The Bertz CT molecular complexity index is 294. The van der Waals surface area contributed by atoms with Gasteiger partial charge in [-0.1, -0.05) is 15.9 Å². The minimum atomic E-state index is -0.205. The molecule has 70 valence electrons. The molecule has 4 heteroatoms. The molecule has 0 spiro atoms. The van der Waals surface area contributed by atoms with Crippen molar-refractivity contribution in [1.29, 1.82) is 0 Å². The fraction of sp³-hybridized carbons (Fsp3) is 0.333. The zero-order valence-electron chi connectivity index (χ0n) is 6.89. The summed E-state index contributed by atoms with van der Waals surface area (Å²) in [4.78, 5) is 0. The Balaban J connectivity index is 2.10. The summed E-state index contributed by atoms with van der Waals surface area (Å²) in [5.41, 5.74) is 0.858. The molecule has 13 heavy (non-hydrogen) atoms. The van der Waals surface area contributed by atoms with Crippen molar-refractivity contribution in [3.05, 3.63) is 28.5 Å². The molecule has 0 atom stereocenters. The van der Waals surface area contributed by atoms with E-state index < -0.39 is 0 Å². The summed E-state index contributed by atoms with van der Waals surface area (Å²) in [6.07, 6.45) is 0. The van der Waals surface area contributed by atoms with E-state index in [0.29, 0.717) is 6.04 Å². The van der Waals surface area contributed by atoms with E-state index in [1.54, 1.807) is 0 Å². The van der Waals surface area contributed by atoms with E-state index in [-0.39, 0.29) is 5.82 Å². The van der Waals surface area contributed by atoms with Crippen LogP contribution in [0.2, 0.25) is 0 Å². The van der Waals surface area contributed by atoms with Crippen molar-refractivity contribution in [2.45, 2.75) is 6.04 Å². The van der Waals surface area contributed by atoms with Crippen molar-refractivity contribution in [2.75, 3.05) is 16.8 Å². The summed E-state index contributed by atoms with van der Waals surface area (Å²) in [7, 11) is 0. The standard InChI is InChI=1S/C9H9BrFNS/c10-6-1-7(11)3-8(2-6)12-9-4-13-5-9/h1-3,9,12H,4-5H2. The molecule has 2 rings (SSSR count). The first-order chi connectivity index (χ1) is 6.24. The summed E-state index contributed by atoms with van der Waals surface area (Å²) in [5, 5.41) is 3.27. The van der Waals surface area contributed by atoms with Gasteiger partial charge in [-0.3, -0.25) is 0 Å². The molecule has 1 aliphatic heterocycles. The first-order valence-corrected chi connectivity index (χ1v) is 5.99. The first kappa shape index (κ1) is 9.34. The van der Waals surface area contributed by atoms with E-state index >= 15 is 0 Å². The molecule has 0 radical (unpaired) electrons. The Hall–Kier alpha value is -0.220. The monoisotopic (exact) mass is 261 g/mol. The SMILES string of the molecule is Fc1cc(Br)cc(NC2CSC2)c1. The van der Waals surface area contributed by atoms with Crippen molar-refractivity contribution in [3.63, 3.8) is 0 Å². The molecule has 0 aliphatic carbocycles. The smallest absolute Gasteiger partial charge is 0.126 e. The fourth-order valence-corrected chi connectivity index (χ4v) is 2.30. The van der Waals surface area contributed by atoms with Gasteiger partial charge in [0.15, 0.2) is 0 Å². The van der Waals surface area contributed by atoms with Crippen LogP contribution < -0.4 is 5.32 Å². The van der Waals surface area contributed by atoms with Crippen LogP contribution in [0.3, 0.4) is 0 Å². The van der Waals surface area contributed by atoms with E-state index in [9.17, 15) is 4.39 Å². The highest BCUT2D eigenvalue weighted by atomic mass is 79.9. The van der Waals surface area contributed by atoms with Crippen molar-refractivity contribution in [1.82, 2.24) is 0 Å². The Morgan fingerprint density at radius 2 is 2.15 bits per heavy atom. The van der Waals surface area contributed by atoms with Crippen molar-refractivity contribution < 1.29 is 4.39 Å². The van der Waals surface area contributed by atoms with Gasteiger partial charge in [0.05, 0.1) is 0 Å². The van der Waals surface area contributed by atoms with Crippen LogP contribution in [0, 0.1) is 5.82 Å². The Morgan fingerprint density at radius 3 is 2.69 bits per heavy atom. The second-order valence-corrected chi connectivity index (χ2v) is 5.03. The fourth-order valence-electron chi connectivity index (χ4n) is 1.19. The number of hydrogen-bond donors (Lipinski definition) is 1. The topological polar surface area (TPSA) is 12.0 Å². The highest BCUT2D eigenvalue weighted by molar-refractivity contribution is 9.10. The summed E-state index contributed by atoms with van der Waals surface area (Å²) in [6, 6.07) is 5.39. The van der Waals surface area contributed by atoms with Gasteiger partial charge >= 0.3 is 0 Å². The van der Waals surface area contributed by atoms with Gasteiger partial charge in [-0.2, -0.15) is 11.8 Å². The third-order valence-corrected chi connectivity index (χ3v) is 3.61. The molecule has 0 aromatic heterocycles. The van der Waals surface area contributed by atoms with Gasteiger partial charge in [0.25, 0.3) is 0 Å². The quantitative estimate of drug-likeness (QED) is 0.878. The molecule has 0 bridgehead atoms. The van der Waals surface area contributed by atoms with Crippen LogP contribution in [0.15, 0.2) is 22.7 Å². The maximum atomic E-state index is 12.9. The summed E-state index contributed by atoms with van der Waals surface area (Å²) < 4.78 is 13.7. The van der Waals surface area contributed by atoms with E-state index in [1.165, 1.54) is 12.1 Å². The minimum absolute atomic E-state index is 0.205. The highest BCUT2D eigenvalue weighted by Crippen LogP contribution is 2.24. The zero-order chi connectivity index (χ0) is 9.26. The number of anilines is 1. The Kier molecular flexibility index (Phi) is 2.79. The van der Waals surface area contributed by atoms with Gasteiger partial charge in [0.2, 0.25) is 0 Å². The molecular weight excluding hydrogens is 253 g/mol. The van der Waals surface area contributed by atoms with Crippen LogP contribution in [0.25, 0.3) is 0 Å². The molecule has 1 aromatic rings. The van der Waals surface area contributed by atoms with Gasteiger partial charge in [0, 0.05) is 27.7 Å². The molecule has 1 fully saturated rings. The summed E-state index contributed by atoms with van der Waals surface area (Å²) >= 11 is 5.16. The number of hydrogen-bond acceptors (Lipinski definition) is 2. The molecular formula is C9H9BrFNS. The normalized spacial score (nSPS) is 16.8. The molecule has 0 unspecified atom stereocenters. The molecule has 1 heterocycles. The van der Waals surface area contributed by atoms with Crippen LogP contribution in [-0.2, 0) is 0 Å². The van der Waals surface area contributed by atoms with Gasteiger partial charge in [-0.05, 0) is 18.2 Å². The molecule has 1 aliphatic rings. The molecule has 1 N–H and O–H groups in total. The van der Waals surface area contributed by atoms with Crippen molar-refractivity contribution in [3.8, 4) is 0 Å². The van der Waals surface area contributed by atoms with Crippen LogP contribution in [0.5, 0.6) is 0 Å². The Labute approximate surface area is 89.2 Å². The number of nitrogens with one attached hydrogen (secondary N) is 1. The second kappa shape index (κ2) is 3.88. The number of rotatable bonds is 2.